The normalized spacial score (nSPS) is 19.0. The third-order valence-electron chi connectivity index (χ3n) is 3.29. The number of amides is 1. The molecule has 1 aliphatic heterocycles. The van der Waals surface area contributed by atoms with E-state index in [4.69, 9.17) is 5.11 Å². The van der Waals surface area contributed by atoms with Crippen LogP contribution in [0.15, 0.2) is 35.2 Å². The Balaban J connectivity index is 1.88. The number of nitrogens with one attached hydrogen (secondary N) is 1. The maximum absolute atomic E-state index is 12.0. The van der Waals surface area contributed by atoms with Crippen molar-refractivity contribution in [3.8, 4) is 0 Å². The van der Waals surface area contributed by atoms with Crippen molar-refractivity contribution in [2.45, 2.75) is 11.3 Å². The van der Waals surface area contributed by atoms with Crippen LogP contribution in [-0.2, 0) is 19.6 Å². The Hall–Kier alpha value is -1.93. The number of sulfonamides is 1. The molecule has 0 saturated carbocycles. The monoisotopic (exact) mass is 312 g/mol. The Morgan fingerprint density at radius 1 is 1.33 bits per heavy atom. The molecule has 0 radical (unpaired) electrons. The smallest absolute Gasteiger partial charge is 0.308 e. The Labute approximate surface area is 122 Å². The van der Waals surface area contributed by atoms with Crippen molar-refractivity contribution in [1.29, 1.82) is 0 Å². The number of nitrogens with zero attached hydrogens (tertiary/aromatic N) is 1. The van der Waals surface area contributed by atoms with E-state index in [1.54, 1.807) is 18.2 Å². The second-order valence-corrected chi connectivity index (χ2v) is 6.56. The van der Waals surface area contributed by atoms with E-state index in [1.165, 1.54) is 17.0 Å². The van der Waals surface area contributed by atoms with Crippen LogP contribution in [0, 0.1) is 5.92 Å². The fourth-order valence-electron chi connectivity index (χ4n) is 2.15. The van der Waals surface area contributed by atoms with Crippen LogP contribution in [-0.4, -0.2) is 49.9 Å². The lowest BCUT2D eigenvalue weighted by Crippen LogP contribution is -2.36. The van der Waals surface area contributed by atoms with E-state index in [9.17, 15) is 18.0 Å². The lowest BCUT2D eigenvalue weighted by Gasteiger charge is -2.16. The molecule has 21 heavy (non-hydrogen) atoms. The summed E-state index contributed by atoms with van der Waals surface area (Å²) in [5, 5.41) is 8.86. The zero-order valence-corrected chi connectivity index (χ0v) is 12.0. The molecule has 7 nitrogen and oxygen atoms in total. The SMILES string of the molecule is O=C(O)C1CC(=O)N(CCNS(=O)(=O)c2ccccc2)C1. The first-order valence-corrected chi connectivity index (χ1v) is 7.94. The van der Waals surface area contributed by atoms with Gasteiger partial charge in [-0.05, 0) is 12.1 Å². The molecule has 0 bridgehead atoms. The summed E-state index contributed by atoms with van der Waals surface area (Å²) < 4.78 is 26.3. The molecule has 1 unspecified atom stereocenters. The summed E-state index contributed by atoms with van der Waals surface area (Å²) in [5.41, 5.74) is 0. The topological polar surface area (TPSA) is 104 Å². The number of carbonyl (C=O) groups is 2. The van der Waals surface area contributed by atoms with Crippen LogP contribution >= 0.6 is 0 Å². The zero-order valence-electron chi connectivity index (χ0n) is 11.2. The number of carboxylic acid groups (broad SMARTS) is 1. The molecule has 1 atom stereocenters. The van der Waals surface area contributed by atoms with Gasteiger partial charge in [0.05, 0.1) is 10.8 Å². The maximum Gasteiger partial charge on any atom is 0.308 e. The van der Waals surface area contributed by atoms with E-state index in [1.807, 2.05) is 0 Å². The summed E-state index contributed by atoms with van der Waals surface area (Å²) in [6.45, 7) is 0.339. The molecule has 1 saturated heterocycles. The van der Waals surface area contributed by atoms with E-state index in [2.05, 4.69) is 4.72 Å². The third-order valence-corrected chi connectivity index (χ3v) is 4.77. The Bertz CT molecular complexity index is 629. The summed E-state index contributed by atoms with van der Waals surface area (Å²) in [6, 6.07) is 7.91. The third kappa shape index (κ3) is 3.79. The second kappa shape index (κ2) is 6.23. The summed E-state index contributed by atoms with van der Waals surface area (Å²) in [4.78, 5) is 23.9. The molecule has 2 N–H and O–H groups in total. The molecule has 1 amide bonds. The van der Waals surface area contributed by atoms with Crippen molar-refractivity contribution < 1.29 is 23.1 Å². The van der Waals surface area contributed by atoms with Crippen LogP contribution in [0.4, 0.5) is 0 Å². The van der Waals surface area contributed by atoms with Gasteiger partial charge < -0.3 is 10.0 Å². The van der Waals surface area contributed by atoms with E-state index >= 15 is 0 Å². The van der Waals surface area contributed by atoms with Crippen molar-refractivity contribution in [3.63, 3.8) is 0 Å². The number of carboxylic acids is 1. The van der Waals surface area contributed by atoms with Crippen molar-refractivity contribution in [3.05, 3.63) is 30.3 Å². The number of carbonyl (C=O) groups excluding carboxylic acids is 1. The number of hydrogen-bond donors (Lipinski definition) is 2. The van der Waals surface area contributed by atoms with Gasteiger partial charge in [0.2, 0.25) is 15.9 Å². The van der Waals surface area contributed by atoms with Crippen LogP contribution in [0.3, 0.4) is 0 Å². The number of rotatable bonds is 6. The molecular formula is C13H16N2O5S. The number of hydrogen-bond acceptors (Lipinski definition) is 4. The molecule has 1 aromatic rings. The predicted octanol–water partition coefficient (Wildman–Crippen LogP) is -0.102. The molecule has 8 heteroatoms. The summed E-state index contributed by atoms with van der Waals surface area (Å²) in [5.74, 6) is -1.97. The highest BCUT2D eigenvalue weighted by Gasteiger charge is 2.33. The van der Waals surface area contributed by atoms with E-state index in [0.29, 0.717) is 0 Å². The molecule has 2 rings (SSSR count). The first-order chi connectivity index (χ1) is 9.90. The average Bonchev–Trinajstić information content (AvgIpc) is 2.81. The van der Waals surface area contributed by atoms with Crippen LogP contribution in [0.5, 0.6) is 0 Å². The quantitative estimate of drug-likeness (QED) is 0.763. The van der Waals surface area contributed by atoms with Crippen molar-refractivity contribution in [1.82, 2.24) is 9.62 Å². The van der Waals surface area contributed by atoms with Gasteiger partial charge in [-0.15, -0.1) is 0 Å². The Morgan fingerprint density at radius 3 is 2.57 bits per heavy atom. The Morgan fingerprint density at radius 2 is 2.00 bits per heavy atom. The lowest BCUT2D eigenvalue weighted by atomic mass is 10.1. The highest BCUT2D eigenvalue weighted by atomic mass is 32.2. The predicted molar refractivity (Wildman–Crippen MR) is 74.0 cm³/mol. The molecule has 114 valence electrons. The van der Waals surface area contributed by atoms with Gasteiger partial charge >= 0.3 is 5.97 Å². The minimum atomic E-state index is -3.60. The van der Waals surface area contributed by atoms with Gasteiger partial charge in [0.1, 0.15) is 0 Å². The molecule has 1 fully saturated rings. The minimum absolute atomic E-state index is 0.0270. The van der Waals surface area contributed by atoms with Crippen LogP contribution in [0.1, 0.15) is 6.42 Å². The molecule has 1 heterocycles. The number of aliphatic carboxylic acids is 1. The van der Waals surface area contributed by atoms with Gasteiger partial charge in [0, 0.05) is 26.1 Å². The highest BCUT2D eigenvalue weighted by molar-refractivity contribution is 7.89. The largest absolute Gasteiger partial charge is 0.481 e. The molecule has 1 aromatic carbocycles. The highest BCUT2D eigenvalue weighted by Crippen LogP contribution is 2.17. The zero-order chi connectivity index (χ0) is 15.5. The summed E-state index contributed by atoms with van der Waals surface area (Å²) >= 11 is 0. The first-order valence-electron chi connectivity index (χ1n) is 6.45. The average molecular weight is 312 g/mol. The molecule has 1 aliphatic rings. The van der Waals surface area contributed by atoms with E-state index in [0.717, 1.165) is 0 Å². The van der Waals surface area contributed by atoms with Crippen molar-refractivity contribution in [2.24, 2.45) is 5.92 Å². The van der Waals surface area contributed by atoms with Crippen LogP contribution in [0.25, 0.3) is 0 Å². The summed E-state index contributed by atoms with van der Waals surface area (Å²) in [6.07, 6.45) is -0.0270. The first kappa shape index (κ1) is 15.5. The van der Waals surface area contributed by atoms with Crippen LogP contribution in [0.2, 0.25) is 0 Å². The number of likely N-dealkylation sites (tertiary alicyclic amines) is 1. The van der Waals surface area contributed by atoms with E-state index in [-0.39, 0.29) is 36.9 Å². The van der Waals surface area contributed by atoms with Gasteiger partial charge in [-0.2, -0.15) is 0 Å². The maximum atomic E-state index is 12.0. The number of benzene rings is 1. The minimum Gasteiger partial charge on any atom is -0.481 e. The molecule has 0 aromatic heterocycles. The fourth-order valence-corrected chi connectivity index (χ4v) is 3.19. The fraction of sp³-hybridized carbons (Fsp3) is 0.385. The molecule has 0 aliphatic carbocycles. The standard InChI is InChI=1S/C13H16N2O5S/c16-12-8-10(13(17)18)9-15(12)7-6-14-21(19,20)11-4-2-1-3-5-11/h1-5,10,14H,6-9H2,(H,17,18). The van der Waals surface area contributed by atoms with Crippen molar-refractivity contribution >= 4 is 21.9 Å². The van der Waals surface area contributed by atoms with Crippen molar-refractivity contribution in [2.75, 3.05) is 19.6 Å². The summed E-state index contributed by atoms with van der Waals surface area (Å²) in [7, 11) is -3.60. The lowest BCUT2D eigenvalue weighted by molar-refractivity contribution is -0.141. The van der Waals surface area contributed by atoms with Gasteiger partial charge in [0.15, 0.2) is 0 Å². The van der Waals surface area contributed by atoms with Gasteiger partial charge in [0.25, 0.3) is 0 Å². The Kier molecular flexibility index (Phi) is 4.59. The second-order valence-electron chi connectivity index (χ2n) is 4.79. The van der Waals surface area contributed by atoms with Gasteiger partial charge in [-0.3, -0.25) is 9.59 Å². The van der Waals surface area contributed by atoms with Gasteiger partial charge in [-0.25, -0.2) is 13.1 Å². The molecular weight excluding hydrogens is 296 g/mol. The molecule has 0 spiro atoms. The van der Waals surface area contributed by atoms with Crippen LogP contribution < -0.4 is 4.72 Å². The van der Waals surface area contributed by atoms with Gasteiger partial charge in [-0.1, -0.05) is 18.2 Å². The van der Waals surface area contributed by atoms with E-state index < -0.39 is 21.9 Å².